The maximum atomic E-state index is 12.5. The Morgan fingerprint density at radius 2 is 2.05 bits per heavy atom. The van der Waals surface area contributed by atoms with Gasteiger partial charge in [-0.3, -0.25) is 20.0 Å². The first-order valence-corrected chi connectivity index (χ1v) is 7.25. The quantitative estimate of drug-likeness (QED) is 0.572. The summed E-state index contributed by atoms with van der Waals surface area (Å²) in [4.78, 5) is 27.1. The van der Waals surface area contributed by atoms with Crippen molar-refractivity contribution < 1.29 is 4.92 Å². The number of aryl methyl sites for hydroxylation is 1. The van der Waals surface area contributed by atoms with E-state index in [0.717, 1.165) is 10.0 Å². The standard InChI is InChI=1S/C14H11BrN4O3/c1-8-11(6-9-2-4-10(5-3-9)19(21)22)14(20)18-13(17-8)12(15)7-16-18/h2-5,7,16H,6H2,1H3. The van der Waals surface area contributed by atoms with Crippen molar-refractivity contribution >= 4 is 27.3 Å². The maximum Gasteiger partial charge on any atom is 0.276 e. The van der Waals surface area contributed by atoms with Crippen LogP contribution in [-0.4, -0.2) is 19.5 Å². The Bertz CT molecular complexity index is 928. The molecule has 1 aromatic carbocycles. The number of H-pyrrole nitrogens is 1. The van der Waals surface area contributed by atoms with E-state index >= 15 is 0 Å². The lowest BCUT2D eigenvalue weighted by Gasteiger charge is -2.06. The van der Waals surface area contributed by atoms with Crippen molar-refractivity contribution in [1.82, 2.24) is 14.6 Å². The minimum absolute atomic E-state index is 0.0269. The molecule has 0 amide bonds. The highest BCUT2D eigenvalue weighted by Crippen LogP contribution is 2.18. The first kappa shape index (κ1) is 14.5. The second-order valence-corrected chi connectivity index (χ2v) is 5.72. The van der Waals surface area contributed by atoms with Crippen LogP contribution in [-0.2, 0) is 6.42 Å². The topological polar surface area (TPSA) is 93.3 Å². The Morgan fingerprint density at radius 1 is 1.36 bits per heavy atom. The number of nitrogens with zero attached hydrogens (tertiary/aromatic N) is 3. The van der Waals surface area contributed by atoms with Gasteiger partial charge in [-0.1, -0.05) is 12.1 Å². The van der Waals surface area contributed by atoms with E-state index in [1.807, 2.05) is 0 Å². The highest BCUT2D eigenvalue weighted by atomic mass is 79.9. The molecule has 0 fully saturated rings. The largest absolute Gasteiger partial charge is 0.296 e. The fourth-order valence-corrected chi connectivity index (χ4v) is 2.64. The van der Waals surface area contributed by atoms with Crippen LogP contribution >= 0.6 is 15.9 Å². The molecule has 0 atom stereocenters. The van der Waals surface area contributed by atoms with Crippen LogP contribution in [0.2, 0.25) is 0 Å². The van der Waals surface area contributed by atoms with E-state index in [1.54, 1.807) is 25.3 Å². The Hall–Kier alpha value is -2.48. The van der Waals surface area contributed by atoms with Crippen LogP contribution in [0.1, 0.15) is 16.8 Å². The highest BCUT2D eigenvalue weighted by Gasteiger charge is 2.14. The average molecular weight is 363 g/mol. The minimum atomic E-state index is -0.450. The Morgan fingerprint density at radius 3 is 2.68 bits per heavy atom. The SMILES string of the molecule is Cc1nc2c(Br)c[nH]n2c(=O)c1Cc1ccc([N+](=O)[O-])cc1. The number of benzene rings is 1. The van der Waals surface area contributed by atoms with Crippen LogP contribution in [0.5, 0.6) is 0 Å². The molecule has 0 spiro atoms. The molecule has 0 aliphatic rings. The van der Waals surface area contributed by atoms with Gasteiger partial charge in [-0.2, -0.15) is 0 Å². The molecule has 0 aliphatic carbocycles. The number of hydrogen-bond donors (Lipinski definition) is 1. The van der Waals surface area contributed by atoms with Gasteiger partial charge in [-0.25, -0.2) is 9.50 Å². The monoisotopic (exact) mass is 362 g/mol. The molecular formula is C14H11BrN4O3. The molecule has 0 saturated heterocycles. The van der Waals surface area contributed by atoms with Gasteiger partial charge in [0.05, 0.1) is 9.40 Å². The summed E-state index contributed by atoms with van der Waals surface area (Å²) < 4.78 is 2.09. The summed E-state index contributed by atoms with van der Waals surface area (Å²) in [6.07, 6.45) is 2.02. The van der Waals surface area contributed by atoms with Crippen molar-refractivity contribution in [3.63, 3.8) is 0 Å². The molecule has 0 aliphatic heterocycles. The van der Waals surface area contributed by atoms with Crippen LogP contribution in [0.3, 0.4) is 0 Å². The minimum Gasteiger partial charge on any atom is -0.296 e. The van der Waals surface area contributed by atoms with E-state index in [1.165, 1.54) is 16.6 Å². The third-order valence-corrected chi connectivity index (χ3v) is 4.03. The summed E-state index contributed by atoms with van der Waals surface area (Å²) in [6, 6.07) is 6.16. The fourth-order valence-electron chi connectivity index (χ4n) is 2.27. The lowest BCUT2D eigenvalue weighted by Crippen LogP contribution is -2.22. The average Bonchev–Trinajstić information content (AvgIpc) is 2.85. The summed E-state index contributed by atoms with van der Waals surface area (Å²) in [5.41, 5.74) is 2.41. The number of aromatic nitrogens is 3. The molecule has 2 aromatic heterocycles. The van der Waals surface area contributed by atoms with Gasteiger partial charge >= 0.3 is 0 Å². The molecule has 3 rings (SSSR count). The van der Waals surface area contributed by atoms with Crippen LogP contribution < -0.4 is 5.56 Å². The zero-order chi connectivity index (χ0) is 15.9. The number of aromatic amines is 1. The van der Waals surface area contributed by atoms with Gasteiger partial charge in [0.15, 0.2) is 5.65 Å². The van der Waals surface area contributed by atoms with Crippen molar-refractivity contribution in [2.24, 2.45) is 0 Å². The second-order valence-electron chi connectivity index (χ2n) is 4.86. The summed E-state index contributed by atoms with van der Waals surface area (Å²) in [7, 11) is 0. The van der Waals surface area contributed by atoms with Gasteiger partial charge in [0.1, 0.15) is 0 Å². The first-order chi connectivity index (χ1) is 10.5. The van der Waals surface area contributed by atoms with E-state index in [0.29, 0.717) is 23.3 Å². The maximum absolute atomic E-state index is 12.5. The van der Waals surface area contributed by atoms with Crippen LogP contribution in [0.25, 0.3) is 5.65 Å². The number of hydrogen-bond acceptors (Lipinski definition) is 4. The zero-order valence-electron chi connectivity index (χ0n) is 11.5. The van der Waals surface area contributed by atoms with Crippen LogP contribution in [0.4, 0.5) is 5.69 Å². The molecular weight excluding hydrogens is 352 g/mol. The summed E-state index contributed by atoms with van der Waals surface area (Å²) >= 11 is 3.33. The molecule has 112 valence electrons. The van der Waals surface area contributed by atoms with Crippen molar-refractivity contribution in [3.05, 3.63) is 72.2 Å². The molecule has 3 aromatic rings. The lowest BCUT2D eigenvalue weighted by molar-refractivity contribution is -0.384. The van der Waals surface area contributed by atoms with Gasteiger partial charge in [-0.15, -0.1) is 0 Å². The predicted molar refractivity (Wildman–Crippen MR) is 84.2 cm³/mol. The molecule has 22 heavy (non-hydrogen) atoms. The van der Waals surface area contributed by atoms with E-state index < -0.39 is 4.92 Å². The lowest BCUT2D eigenvalue weighted by atomic mass is 10.0. The number of fused-ring (bicyclic) bond motifs is 1. The first-order valence-electron chi connectivity index (χ1n) is 6.46. The summed E-state index contributed by atoms with van der Waals surface area (Å²) in [5, 5.41) is 13.5. The van der Waals surface area contributed by atoms with Gasteiger partial charge < -0.3 is 0 Å². The van der Waals surface area contributed by atoms with E-state index in [-0.39, 0.29) is 11.2 Å². The highest BCUT2D eigenvalue weighted by molar-refractivity contribution is 9.10. The number of nitrogens with one attached hydrogen (secondary N) is 1. The molecule has 8 heteroatoms. The Labute approximate surface area is 132 Å². The van der Waals surface area contributed by atoms with Crippen molar-refractivity contribution in [2.75, 3.05) is 0 Å². The zero-order valence-corrected chi connectivity index (χ0v) is 13.1. The molecule has 7 nitrogen and oxygen atoms in total. The van der Waals surface area contributed by atoms with Crippen LogP contribution in [0.15, 0.2) is 39.7 Å². The smallest absolute Gasteiger partial charge is 0.276 e. The Balaban J connectivity index is 2.03. The van der Waals surface area contributed by atoms with E-state index in [4.69, 9.17) is 0 Å². The molecule has 0 saturated carbocycles. The van der Waals surface area contributed by atoms with Gasteiger partial charge in [0.25, 0.3) is 11.2 Å². The molecule has 2 heterocycles. The summed E-state index contributed by atoms with van der Waals surface area (Å²) in [6.45, 7) is 1.78. The van der Waals surface area contributed by atoms with Gasteiger partial charge in [-0.05, 0) is 28.4 Å². The Kier molecular flexibility index (Phi) is 3.53. The number of non-ortho nitro benzene ring substituents is 1. The van der Waals surface area contributed by atoms with Gasteiger partial charge in [0, 0.05) is 36.0 Å². The third-order valence-electron chi connectivity index (χ3n) is 3.45. The normalized spacial score (nSPS) is 11.0. The van der Waals surface area contributed by atoms with Crippen LogP contribution in [0, 0.1) is 17.0 Å². The fraction of sp³-hybridized carbons (Fsp3) is 0.143. The third kappa shape index (κ3) is 2.41. The molecule has 1 N–H and O–H groups in total. The molecule has 0 bridgehead atoms. The molecule has 0 unspecified atom stereocenters. The van der Waals surface area contributed by atoms with Crippen molar-refractivity contribution in [2.45, 2.75) is 13.3 Å². The predicted octanol–water partition coefficient (Wildman–Crippen LogP) is 2.59. The van der Waals surface area contributed by atoms with E-state index in [9.17, 15) is 14.9 Å². The van der Waals surface area contributed by atoms with Crippen molar-refractivity contribution in [3.8, 4) is 0 Å². The number of halogens is 1. The summed E-state index contributed by atoms with van der Waals surface area (Å²) in [5.74, 6) is 0. The number of rotatable bonds is 3. The van der Waals surface area contributed by atoms with Crippen molar-refractivity contribution in [1.29, 1.82) is 0 Å². The second kappa shape index (κ2) is 5.38. The number of nitro groups is 1. The van der Waals surface area contributed by atoms with E-state index in [2.05, 4.69) is 26.0 Å². The van der Waals surface area contributed by atoms with Gasteiger partial charge in [0.2, 0.25) is 0 Å². The number of nitro benzene ring substituents is 1. The molecule has 0 radical (unpaired) electrons.